The molecule has 1 aromatic heterocycles. The van der Waals surface area contributed by atoms with Gasteiger partial charge >= 0.3 is 6.03 Å². The van der Waals surface area contributed by atoms with Crippen molar-refractivity contribution >= 4 is 28.7 Å². The highest BCUT2D eigenvalue weighted by molar-refractivity contribution is 7.11. The minimum atomic E-state index is -0.633. The van der Waals surface area contributed by atoms with Crippen molar-refractivity contribution in [2.24, 2.45) is 0 Å². The van der Waals surface area contributed by atoms with Crippen LogP contribution in [0.2, 0.25) is 0 Å². The van der Waals surface area contributed by atoms with E-state index < -0.39 is 11.6 Å². The number of amides is 2. The van der Waals surface area contributed by atoms with Crippen molar-refractivity contribution in [3.8, 4) is 0 Å². The van der Waals surface area contributed by atoms with Gasteiger partial charge in [-0.25, -0.2) is 14.2 Å². The lowest BCUT2D eigenvalue weighted by atomic mass is 10.1. The third kappa shape index (κ3) is 5.05. The van der Waals surface area contributed by atoms with Gasteiger partial charge in [-0.05, 0) is 59.7 Å². The number of nitrogens with zero attached hydrogens (tertiary/aromatic N) is 2. The summed E-state index contributed by atoms with van der Waals surface area (Å²) >= 11 is 1.56. The summed E-state index contributed by atoms with van der Waals surface area (Å²) in [5.41, 5.74) is 1.25. The van der Waals surface area contributed by atoms with Gasteiger partial charge in [0.05, 0.1) is 29.1 Å². The van der Waals surface area contributed by atoms with Crippen LogP contribution < -0.4 is 15.5 Å². The maximum atomic E-state index is 14.7. The molecule has 1 aromatic carbocycles. The quantitative estimate of drug-likeness (QED) is 0.760. The van der Waals surface area contributed by atoms with E-state index in [1.165, 1.54) is 6.07 Å². The van der Waals surface area contributed by atoms with E-state index in [0.717, 1.165) is 15.6 Å². The summed E-state index contributed by atoms with van der Waals surface area (Å²) in [5, 5.41) is 6.47. The second kappa shape index (κ2) is 8.28. The van der Waals surface area contributed by atoms with Crippen LogP contribution in [0, 0.1) is 19.7 Å². The normalized spacial score (nSPS) is 19.9. The molecule has 1 saturated heterocycles. The predicted molar refractivity (Wildman–Crippen MR) is 115 cm³/mol. The van der Waals surface area contributed by atoms with Crippen molar-refractivity contribution < 1.29 is 13.9 Å². The zero-order valence-electron chi connectivity index (χ0n) is 17.8. The molecule has 0 spiro atoms. The molecule has 2 unspecified atom stereocenters. The van der Waals surface area contributed by atoms with Crippen LogP contribution in [0.3, 0.4) is 0 Å². The first-order valence-electron chi connectivity index (χ1n) is 9.79. The number of urea groups is 1. The van der Waals surface area contributed by atoms with Crippen LogP contribution >= 0.6 is 11.3 Å². The van der Waals surface area contributed by atoms with Crippen LogP contribution in [0.5, 0.6) is 0 Å². The Labute approximate surface area is 175 Å². The molecule has 2 atom stereocenters. The van der Waals surface area contributed by atoms with Crippen LogP contribution in [-0.2, 0) is 10.3 Å². The predicted octanol–water partition coefficient (Wildman–Crippen LogP) is 4.57. The first-order chi connectivity index (χ1) is 13.5. The molecular weight excluding hydrogens is 391 g/mol. The maximum absolute atomic E-state index is 14.7. The molecule has 2 N–H and O–H groups in total. The molecule has 0 radical (unpaired) electrons. The second-order valence-electron chi connectivity index (χ2n) is 8.19. The summed E-state index contributed by atoms with van der Waals surface area (Å²) in [4.78, 5) is 20.1. The average Bonchev–Trinajstić information content (AvgIpc) is 2.93. The third-order valence-corrected chi connectivity index (χ3v) is 6.35. The number of aryl methyl sites for hydroxylation is 2. The van der Waals surface area contributed by atoms with Crippen LogP contribution in [0.4, 0.5) is 20.6 Å². The molecule has 2 aromatic rings. The zero-order chi connectivity index (χ0) is 21.3. The lowest BCUT2D eigenvalue weighted by molar-refractivity contribution is -0.00539. The lowest BCUT2D eigenvalue weighted by Gasteiger charge is -2.37. The number of carbonyl (C=O) groups excluding carboxylic acids is 1. The van der Waals surface area contributed by atoms with Crippen molar-refractivity contribution in [3.05, 3.63) is 39.6 Å². The van der Waals surface area contributed by atoms with Crippen molar-refractivity contribution in [3.63, 3.8) is 0 Å². The number of aromatic nitrogens is 1. The molecule has 158 valence electrons. The summed E-state index contributed by atoms with van der Waals surface area (Å²) in [7, 11) is 0. The number of carbonyl (C=O) groups is 1. The van der Waals surface area contributed by atoms with Crippen LogP contribution in [-0.4, -0.2) is 36.3 Å². The van der Waals surface area contributed by atoms with Gasteiger partial charge in [0.2, 0.25) is 0 Å². The molecule has 1 aliphatic heterocycles. The number of hydrogen-bond acceptors (Lipinski definition) is 5. The summed E-state index contributed by atoms with van der Waals surface area (Å²) in [5.74, 6) is -0.366. The molecular formula is C21H29FN4O2S. The fraction of sp³-hybridized carbons (Fsp3) is 0.524. The summed E-state index contributed by atoms with van der Waals surface area (Å²) in [6, 6.07) is 4.37. The van der Waals surface area contributed by atoms with E-state index in [4.69, 9.17) is 4.74 Å². The molecule has 3 rings (SSSR count). The fourth-order valence-corrected chi connectivity index (χ4v) is 4.43. The number of hydrogen-bond donors (Lipinski definition) is 2. The summed E-state index contributed by atoms with van der Waals surface area (Å²) < 4.78 is 20.4. The highest BCUT2D eigenvalue weighted by Crippen LogP contribution is 2.28. The Morgan fingerprint density at radius 2 is 1.93 bits per heavy atom. The van der Waals surface area contributed by atoms with Gasteiger partial charge in [-0.15, -0.1) is 11.3 Å². The zero-order valence-corrected chi connectivity index (χ0v) is 18.6. The second-order valence-corrected chi connectivity index (χ2v) is 9.40. The standard InChI is InChI=1S/C21H29FN4O2S/c1-12-10-26(11-13(2)28-12)18-8-7-16(9-17(18)22)24-20(27)25-21(5,6)19-23-14(3)15(4)29-19/h7-9,12-13H,10-11H2,1-6H3,(H2,24,25,27). The Balaban J connectivity index is 1.67. The van der Waals surface area contributed by atoms with E-state index in [0.29, 0.717) is 24.5 Å². The molecule has 2 heterocycles. The third-order valence-electron chi connectivity index (χ3n) is 4.96. The molecule has 1 aliphatic rings. The Morgan fingerprint density at radius 1 is 1.28 bits per heavy atom. The molecule has 6 nitrogen and oxygen atoms in total. The topological polar surface area (TPSA) is 66.5 Å². The Hall–Kier alpha value is -2.19. The van der Waals surface area contributed by atoms with Gasteiger partial charge in [0.15, 0.2) is 0 Å². The van der Waals surface area contributed by atoms with E-state index in [-0.39, 0.29) is 18.0 Å². The molecule has 0 aliphatic carbocycles. The van der Waals surface area contributed by atoms with Gasteiger partial charge in [-0.1, -0.05) is 0 Å². The lowest BCUT2D eigenvalue weighted by Crippen LogP contribution is -2.45. The largest absolute Gasteiger partial charge is 0.372 e. The smallest absolute Gasteiger partial charge is 0.319 e. The van der Waals surface area contributed by atoms with Crippen LogP contribution in [0.1, 0.15) is 43.3 Å². The Bertz CT molecular complexity index is 869. The Kier molecular flexibility index (Phi) is 6.14. The number of morpholine rings is 1. The number of thiazole rings is 1. The number of nitrogens with one attached hydrogen (secondary N) is 2. The fourth-order valence-electron chi connectivity index (χ4n) is 3.46. The first kappa shape index (κ1) is 21.5. The number of halogens is 1. The van der Waals surface area contributed by atoms with Gasteiger partial charge < -0.3 is 20.3 Å². The number of anilines is 2. The summed E-state index contributed by atoms with van der Waals surface area (Å²) in [6.07, 6.45) is 0.0872. The van der Waals surface area contributed by atoms with Crippen molar-refractivity contribution in [1.82, 2.24) is 10.3 Å². The van der Waals surface area contributed by atoms with Crippen LogP contribution in [0.25, 0.3) is 0 Å². The highest BCUT2D eigenvalue weighted by Gasteiger charge is 2.28. The highest BCUT2D eigenvalue weighted by atomic mass is 32.1. The van der Waals surface area contributed by atoms with Crippen LogP contribution in [0.15, 0.2) is 18.2 Å². The number of rotatable bonds is 4. The molecule has 8 heteroatoms. The van der Waals surface area contributed by atoms with Gasteiger partial charge in [0.1, 0.15) is 10.8 Å². The van der Waals surface area contributed by atoms with Gasteiger partial charge in [-0.3, -0.25) is 0 Å². The molecule has 29 heavy (non-hydrogen) atoms. The van der Waals surface area contributed by atoms with Crippen molar-refractivity contribution in [1.29, 1.82) is 0 Å². The number of benzene rings is 1. The van der Waals surface area contributed by atoms with E-state index in [9.17, 15) is 9.18 Å². The molecule has 0 bridgehead atoms. The van der Waals surface area contributed by atoms with Gasteiger partial charge in [0, 0.05) is 23.7 Å². The minimum Gasteiger partial charge on any atom is -0.372 e. The van der Waals surface area contributed by atoms with E-state index in [1.807, 2.05) is 46.4 Å². The monoisotopic (exact) mass is 420 g/mol. The van der Waals surface area contributed by atoms with E-state index >= 15 is 0 Å². The first-order valence-corrected chi connectivity index (χ1v) is 10.6. The van der Waals surface area contributed by atoms with Crippen molar-refractivity contribution in [2.45, 2.75) is 59.3 Å². The van der Waals surface area contributed by atoms with E-state index in [2.05, 4.69) is 15.6 Å². The van der Waals surface area contributed by atoms with Gasteiger partial charge in [0.25, 0.3) is 0 Å². The number of ether oxygens (including phenoxy) is 1. The Morgan fingerprint density at radius 3 is 2.48 bits per heavy atom. The molecule has 1 fully saturated rings. The summed E-state index contributed by atoms with van der Waals surface area (Å²) in [6.45, 7) is 13.0. The molecule has 2 amide bonds. The minimum absolute atomic E-state index is 0.0436. The molecule has 0 saturated carbocycles. The van der Waals surface area contributed by atoms with Gasteiger partial charge in [-0.2, -0.15) is 0 Å². The average molecular weight is 421 g/mol. The SMILES string of the molecule is Cc1nc(C(C)(C)NC(=O)Nc2ccc(N3CC(C)OC(C)C3)c(F)c2)sc1C. The van der Waals surface area contributed by atoms with Crippen molar-refractivity contribution in [2.75, 3.05) is 23.3 Å². The van der Waals surface area contributed by atoms with E-state index in [1.54, 1.807) is 23.5 Å². The maximum Gasteiger partial charge on any atom is 0.319 e.